The van der Waals surface area contributed by atoms with E-state index in [1.807, 2.05) is 24.3 Å². The first-order chi connectivity index (χ1) is 13.9. The van der Waals surface area contributed by atoms with Gasteiger partial charge in [-0.15, -0.1) is 0 Å². The molecule has 0 amide bonds. The summed E-state index contributed by atoms with van der Waals surface area (Å²) in [4.78, 5) is 13.2. The Balaban J connectivity index is 1.75. The minimum Gasteiger partial charge on any atom is -0.491 e. The molecule has 2 aliphatic rings. The standard InChI is InChI=1S/C25H30N2O2/c1-5-16(2)29-18-12-10-17(11-13-18)24-23-21(14-25(3,4)15-22(23)28)26-19-8-6-7-9-20(19)27-24/h6-13,16,24,26-27H,5,14-15H2,1-4H3. The lowest BCUT2D eigenvalue weighted by Crippen LogP contribution is -2.31. The number of nitrogens with one attached hydrogen (secondary N) is 2. The van der Waals surface area contributed by atoms with Gasteiger partial charge in [0.2, 0.25) is 0 Å². The number of para-hydroxylation sites is 2. The third-order valence-corrected chi connectivity index (χ3v) is 5.85. The van der Waals surface area contributed by atoms with Crippen molar-refractivity contribution in [2.45, 2.75) is 59.1 Å². The van der Waals surface area contributed by atoms with E-state index in [0.717, 1.165) is 46.8 Å². The average molecular weight is 391 g/mol. The van der Waals surface area contributed by atoms with Crippen LogP contribution in [-0.2, 0) is 4.79 Å². The first-order valence-corrected chi connectivity index (χ1v) is 10.5. The smallest absolute Gasteiger partial charge is 0.163 e. The maximum Gasteiger partial charge on any atom is 0.163 e. The second kappa shape index (κ2) is 7.58. The molecule has 1 aliphatic heterocycles. The number of hydrogen-bond acceptors (Lipinski definition) is 4. The zero-order valence-electron chi connectivity index (χ0n) is 17.7. The maximum absolute atomic E-state index is 13.2. The molecule has 152 valence electrons. The molecular weight excluding hydrogens is 360 g/mol. The molecule has 1 aliphatic carbocycles. The van der Waals surface area contributed by atoms with Gasteiger partial charge in [0, 0.05) is 17.7 Å². The highest BCUT2D eigenvalue weighted by atomic mass is 16.5. The summed E-state index contributed by atoms with van der Waals surface area (Å²) < 4.78 is 5.93. The molecule has 0 saturated carbocycles. The van der Waals surface area contributed by atoms with Crippen LogP contribution in [0.15, 0.2) is 59.8 Å². The zero-order chi connectivity index (χ0) is 20.6. The van der Waals surface area contributed by atoms with Crippen molar-refractivity contribution >= 4 is 17.2 Å². The van der Waals surface area contributed by atoms with Crippen LogP contribution < -0.4 is 15.4 Å². The largest absolute Gasteiger partial charge is 0.491 e. The second-order valence-corrected chi connectivity index (χ2v) is 8.99. The predicted octanol–water partition coefficient (Wildman–Crippen LogP) is 6.09. The summed E-state index contributed by atoms with van der Waals surface area (Å²) in [5.41, 5.74) is 4.95. The van der Waals surface area contributed by atoms with E-state index in [-0.39, 0.29) is 23.3 Å². The Bertz CT molecular complexity index is 944. The van der Waals surface area contributed by atoms with Gasteiger partial charge in [0.25, 0.3) is 0 Å². The van der Waals surface area contributed by atoms with E-state index in [4.69, 9.17) is 4.74 Å². The van der Waals surface area contributed by atoms with Gasteiger partial charge >= 0.3 is 0 Å². The first kappa shape index (κ1) is 19.6. The Morgan fingerprint density at radius 3 is 2.45 bits per heavy atom. The highest BCUT2D eigenvalue weighted by Crippen LogP contribution is 2.45. The van der Waals surface area contributed by atoms with Crippen molar-refractivity contribution in [2.24, 2.45) is 5.41 Å². The molecule has 29 heavy (non-hydrogen) atoms. The molecule has 0 bridgehead atoms. The SMILES string of the molecule is CCC(C)Oc1ccc(C2Nc3ccccc3NC3=C2C(=O)CC(C)(C)C3)cc1. The van der Waals surface area contributed by atoms with E-state index in [1.165, 1.54) is 0 Å². The van der Waals surface area contributed by atoms with Gasteiger partial charge in [0.05, 0.1) is 23.5 Å². The third kappa shape index (κ3) is 4.02. The normalized spacial score (nSPS) is 21.2. The monoisotopic (exact) mass is 390 g/mol. The summed E-state index contributed by atoms with van der Waals surface area (Å²) in [6.45, 7) is 8.51. The summed E-state index contributed by atoms with van der Waals surface area (Å²) in [7, 11) is 0. The molecule has 0 fully saturated rings. The van der Waals surface area contributed by atoms with Gasteiger partial charge in [-0.1, -0.05) is 45.0 Å². The molecule has 0 aromatic heterocycles. The fourth-order valence-corrected chi connectivity index (χ4v) is 4.19. The molecule has 2 atom stereocenters. The van der Waals surface area contributed by atoms with Gasteiger partial charge in [0.1, 0.15) is 5.75 Å². The number of fused-ring (bicyclic) bond motifs is 1. The summed E-state index contributed by atoms with van der Waals surface area (Å²) in [5, 5.41) is 7.19. The fraction of sp³-hybridized carbons (Fsp3) is 0.400. The summed E-state index contributed by atoms with van der Waals surface area (Å²) in [6, 6.07) is 16.1. The van der Waals surface area contributed by atoms with Crippen molar-refractivity contribution in [2.75, 3.05) is 10.6 Å². The van der Waals surface area contributed by atoms with Crippen LogP contribution in [0.2, 0.25) is 0 Å². The maximum atomic E-state index is 13.2. The van der Waals surface area contributed by atoms with Gasteiger partial charge in [-0.2, -0.15) is 0 Å². The van der Waals surface area contributed by atoms with E-state index < -0.39 is 0 Å². The van der Waals surface area contributed by atoms with Gasteiger partial charge < -0.3 is 15.4 Å². The van der Waals surface area contributed by atoms with Crippen molar-refractivity contribution in [3.63, 3.8) is 0 Å². The minimum absolute atomic E-state index is 0.0409. The van der Waals surface area contributed by atoms with Crippen LogP contribution in [0.4, 0.5) is 11.4 Å². The van der Waals surface area contributed by atoms with E-state index in [2.05, 4.69) is 62.6 Å². The summed E-state index contributed by atoms with van der Waals surface area (Å²) >= 11 is 0. The number of rotatable bonds is 4. The van der Waals surface area contributed by atoms with E-state index in [9.17, 15) is 4.79 Å². The first-order valence-electron chi connectivity index (χ1n) is 10.5. The number of ether oxygens (including phenoxy) is 1. The van der Waals surface area contributed by atoms with Gasteiger partial charge in [0.15, 0.2) is 5.78 Å². The van der Waals surface area contributed by atoms with Crippen molar-refractivity contribution in [1.82, 2.24) is 0 Å². The Morgan fingerprint density at radius 2 is 1.76 bits per heavy atom. The van der Waals surface area contributed by atoms with Crippen molar-refractivity contribution < 1.29 is 9.53 Å². The number of carbonyl (C=O) groups excluding carboxylic acids is 1. The van der Waals surface area contributed by atoms with E-state index >= 15 is 0 Å². The molecule has 0 radical (unpaired) electrons. The Hall–Kier alpha value is -2.75. The van der Waals surface area contributed by atoms with Crippen molar-refractivity contribution in [3.8, 4) is 5.75 Å². The zero-order valence-corrected chi connectivity index (χ0v) is 17.7. The Morgan fingerprint density at radius 1 is 1.07 bits per heavy atom. The lowest BCUT2D eigenvalue weighted by Gasteiger charge is -2.34. The number of benzene rings is 2. The lowest BCUT2D eigenvalue weighted by molar-refractivity contribution is -0.118. The molecule has 0 spiro atoms. The molecule has 4 rings (SSSR count). The quantitative estimate of drug-likeness (QED) is 0.664. The summed E-state index contributed by atoms with van der Waals surface area (Å²) in [6.07, 6.45) is 2.58. The number of anilines is 2. The molecule has 2 aromatic rings. The number of hydrogen-bond donors (Lipinski definition) is 2. The van der Waals surface area contributed by atoms with Gasteiger partial charge in [-0.05, 0) is 55.0 Å². The summed E-state index contributed by atoms with van der Waals surface area (Å²) in [5.74, 6) is 1.08. The average Bonchev–Trinajstić information content (AvgIpc) is 2.84. The van der Waals surface area contributed by atoms with Crippen LogP contribution >= 0.6 is 0 Å². The number of Topliss-reactive ketones (excluding diaryl/α,β-unsaturated/α-hetero) is 1. The van der Waals surface area contributed by atoms with Gasteiger partial charge in [-0.25, -0.2) is 0 Å². The lowest BCUT2D eigenvalue weighted by atomic mass is 9.73. The predicted molar refractivity (Wildman–Crippen MR) is 118 cm³/mol. The fourth-order valence-electron chi connectivity index (χ4n) is 4.19. The van der Waals surface area contributed by atoms with E-state index in [1.54, 1.807) is 0 Å². The second-order valence-electron chi connectivity index (χ2n) is 8.99. The number of ketones is 1. The van der Waals surface area contributed by atoms with Crippen LogP contribution in [-0.4, -0.2) is 11.9 Å². The van der Waals surface area contributed by atoms with Crippen LogP contribution in [0.3, 0.4) is 0 Å². The Kier molecular flexibility index (Phi) is 5.12. The highest BCUT2D eigenvalue weighted by molar-refractivity contribution is 6.01. The van der Waals surface area contributed by atoms with Crippen molar-refractivity contribution in [1.29, 1.82) is 0 Å². The third-order valence-electron chi connectivity index (χ3n) is 5.85. The van der Waals surface area contributed by atoms with Gasteiger partial charge in [-0.3, -0.25) is 4.79 Å². The topological polar surface area (TPSA) is 50.4 Å². The highest BCUT2D eigenvalue weighted by Gasteiger charge is 2.38. The minimum atomic E-state index is -0.178. The van der Waals surface area contributed by atoms with Crippen LogP contribution in [0.25, 0.3) is 0 Å². The molecule has 2 unspecified atom stereocenters. The van der Waals surface area contributed by atoms with Crippen LogP contribution in [0.1, 0.15) is 58.6 Å². The number of allylic oxidation sites excluding steroid dienone is 1. The molecule has 4 heteroatoms. The number of carbonyl (C=O) groups is 1. The Labute approximate surface area is 173 Å². The molecule has 4 nitrogen and oxygen atoms in total. The molecule has 2 aromatic carbocycles. The van der Waals surface area contributed by atoms with Crippen LogP contribution in [0, 0.1) is 5.41 Å². The van der Waals surface area contributed by atoms with E-state index in [0.29, 0.717) is 6.42 Å². The van der Waals surface area contributed by atoms with Crippen LogP contribution in [0.5, 0.6) is 5.75 Å². The molecule has 0 saturated heterocycles. The molecule has 1 heterocycles. The molecular formula is C25H30N2O2. The molecule has 2 N–H and O–H groups in total. The van der Waals surface area contributed by atoms with Crippen molar-refractivity contribution in [3.05, 3.63) is 65.4 Å².